The third-order valence-corrected chi connectivity index (χ3v) is 4.79. The molecule has 1 fully saturated rings. The maximum absolute atomic E-state index is 9.74. The molecule has 1 heterocycles. The van der Waals surface area contributed by atoms with Gasteiger partial charge in [0.2, 0.25) is 0 Å². The Hall–Kier alpha value is -1.13. The number of aryl methyl sites for hydroxylation is 1. The molecule has 0 aromatic carbocycles. The Labute approximate surface area is 127 Å². The van der Waals surface area contributed by atoms with E-state index in [9.17, 15) is 5.11 Å². The highest BCUT2D eigenvalue weighted by atomic mass is 16.5. The van der Waals surface area contributed by atoms with Gasteiger partial charge in [0.1, 0.15) is 5.75 Å². The van der Waals surface area contributed by atoms with Gasteiger partial charge in [-0.3, -0.25) is 4.98 Å². The van der Waals surface area contributed by atoms with Crippen LogP contribution < -0.4 is 10.1 Å². The van der Waals surface area contributed by atoms with E-state index in [1.54, 1.807) is 7.11 Å². The first-order chi connectivity index (χ1) is 10.1. The molecule has 118 valence electrons. The summed E-state index contributed by atoms with van der Waals surface area (Å²) in [5.41, 5.74) is 3.27. The van der Waals surface area contributed by atoms with Gasteiger partial charge in [-0.25, -0.2) is 0 Å². The van der Waals surface area contributed by atoms with E-state index < -0.39 is 0 Å². The third-order valence-electron chi connectivity index (χ3n) is 4.79. The zero-order valence-electron chi connectivity index (χ0n) is 13.5. The van der Waals surface area contributed by atoms with Gasteiger partial charge in [0, 0.05) is 42.4 Å². The van der Waals surface area contributed by atoms with Crippen LogP contribution in [0.2, 0.25) is 0 Å². The number of methoxy groups -OCH3 is 1. The summed E-state index contributed by atoms with van der Waals surface area (Å²) in [6.45, 7) is 5.94. The normalized spacial score (nSPS) is 17.7. The van der Waals surface area contributed by atoms with Gasteiger partial charge in [-0.05, 0) is 26.7 Å². The van der Waals surface area contributed by atoms with Crippen LogP contribution in [0.3, 0.4) is 0 Å². The number of ether oxygens (including phenoxy) is 1. The molecule has 1 saturated carbocycles. The van der Waals surface area contributed by atoms with Gasteiger partial charge >= 0.3 is 0 Å². The number of hydrogen-bond donors (Lipinski definition) is 2. The average Bonchev–Trinajstić information content (AvgIpc) is 2.51. The Balaban J connectivity index is 1.97. The van der Waals surface area contributed by atoms with E-state index in [2.05, 4.69) is 17.2 Å². The molecule has 0 saturated heterocycles. The van der Waals surface area contributed by atoms with Crippen molar-refractivity contribution >= 4 is 0 Å². The summed E-state index contributed by atoms with van der Waals surface area (Å²) in [5.74, 6) is 0.927. The molecule has 0 atom stereocenters. The first-order valence-electron chi connectivity index (χ1n) is 7.92. The smallest absolute Gasteiger partial charge is 0.128 e. The van der Waals surface area contributed by atoms with E-state index in [1.165, 1.54) is 19.3 Å². The van der Waals surface area contributed by atoms with Crippen molar-refractivity contribution in [1.29, 1.82) is 0 Å². The zero-order valence-corrected chi connectivity index (χ0v) is 13.5. The van der Waals surface area contributed by atoms with Crippen LogP contribution in [0.15, 0.2) is 6.20 Å². The van der Waals surface area contributed by atoms with Crippen LogP contribution in [0.1, 0.15) is 48.9 Å². The maximum Gasteiger partial charge on any atom is 0.128 e. The molecule has 4 nitrogen and oxygen atoms in total. The highest BCUT2D eigenvalue weighted by Gasteiger charge is 2.30. The van der Waals surface area contributed by atoms with Crippen molar-refractivity contribution in [2.24, 2.45) is 5.41 Å². The minimum absolute atomic E-state index is 0.0704. The molecule has 4 heteroatoms. The van der Waals surface area contributed by atoms with Crippen molar-refractivity contribution in [2.45, 2.75) is 52.5 Å². The summed E-state index contributed by atoms with van der Waals surface area (Å²) in [5, 5.41) is 13.2. The van der Waals surface area contributed by atoms with Gasteiger partial charge in [-0.1, -0.05) is 19.3 Å². The second-order valence-corrected chi connectivity index (χ2v) is 6.37. The fraction of sp³-hybridized carbons (Fsp3) is 0.706. The number of aliphatic hydroxyl groups excluding tert-OH is 1. The minimum Gasteiger partial charge on any atom is -0.496 e. The van der Waals surface area contributed by atoms with Gasteiger partial charge in [-0.15, -0.1) is 0 Å². The van der Waals surface area contributed by atoms with Gasteiger partial charge in [0.05, 0.1) is 12.8 Å². The van der Waals surface area contributed by atoms with Gasteiger partial charge in [0.25, 0.3) is 0 Å². The Morgan fingerprint density at radius 1 is 1.29 bits per heavy atom. The first-order valence-corrected chi connectivity index (χ1v) is 7.92. The van der Waals surface area contributed by atoms with E-state index in [4.69, 9.17) is 4.74 Å². The summed E-state index contributed by atoms with van der Waals surface area (Å²) in [6, 6.07) is 0. The molecule has 0 unspecified atom stereocenters. The minimum atomic E-state index is 0.0704. The lowest BCUT2D eigenvalue weighted by molar-refractivity contribution is 0.0809. The lowest BCUT2D eigenvalue weighted by Crippen LogP contribution is -2.39. The fourth-order valence-corrected chi connectivity index (χ4v) is 3.39. The molecule has 2 N–H and O–H groups in total. The topological polar surface area (TPSA) is 54.4 Å². The summed E-state index contributed by atoms with van der Waals surface area (Å²) in [6.07, 6.45) is 7.89. The molecule has 1 aliphatic carbocycles. The van der Waals surface area contributed by atoms with Crippen molar-refractivity contribution in [3.05, 3.63) is 23.0 Å². The van der Waals surface area contributed by atoms with E-state index in [-0.39, 0.29) is 12.0 Å². The number of rotatable bonds is 6. The third kappa shape index (κ3) is 3.74. The van der Waals surface area contributed by atoms with Gasteiger partial charge in [0.15, 0.2) is 0 Å². The molecular weight excluding hydrogens is 264 g/mol. The molecule has 0 radical (unpaired) electrons. The molecule has 0 bridgehead atoms. The van der Waals surface area contributed by atoms with Crippen LogP contribution in [-0.2, 0) is 6.54 Å². The summed E-state index contributed by atoms with van der Waals surface area (Å²) in [7, 11) is 1.70. The van der Waals surface area contributed by atoms with Gasteiger partial charge < -0.3 is 15.2 Å². The molecule has 0 spiro atoms. The Morgan fingerprint density at radius 3 is 2.62 bits per heavy atom. The number of hydrogen-bond acceptors (Lipinski definition) is 4. The Bertz CT molecular complexity index is 468. The van der Waals surface area contributed by atoms with Crippen LogP contribution in [0.25, 0.3) is 0 Å². The maximum atomic E-state index is 9.74. The fourth-order valence-electron chi connectivity index (χ4n) is 3.39. The average molecular weight is 292 g/mol. The van der Waals surface area contributed by atoms with Crippen LogP contribution in [0.5, 0.6) is 5.75 Å². The lowest BCUT2D eigenvalue weighted by Gasteiger charge is -2.35. The van der Waals surface area contributed by atoms with Crippen LogP contribution in [-0.4, -0.2) is 30.4 Å². The second-order valence-electron chi connectivity index (χ2n) is 6.37. The highest BCUT2D eigenvalue weighted by Crippen LogP contribution is 2.35. The molecule has 21 heavy (non-hydrogen) atoms. The van der Waals surface area contributed by atoms with E-state index in [0.717, 1.165) is 48.5 Å². The summed E-state index contributed by atoms with van der Waals surface area (Å²) < 4.78 is 5.45. The van der Waals surface area contributed by atoms with Crippen molar-refractivity contribution in [3.63, 3.8) is 0 Å². The largest absolute Gasteiger partial charge is 0.496 e. The summed E-state index contributed by atoms with van der Waals surface area (Å²) >= 11 is 0. The van der Waals surface area contributed by atoms with Crippen molar-refractivity contribution in [1.82, 2.24) is 10.3 Å². The van der Waals surface area contributed by atoms with Crippen molar-refractivity contribution in [2.75, 3.05) is 20.3 Å². The van der Waals surface area contributed by atoms with E-state index in [0.29, 0.717) is 0 Å². The predicted octanol–water partition coefficient (Wildman–Crippen LogP) is 2.74. The van der Waals surface area contributed by atoms with Gasteiger partial charge in [-0.2, -0.15) is 0 Å². The molecule has 0 aliphatic heterocycles. The van der Waals surface area contributed by atoms with Crippen molar-refractivity contribution in [3.8, 4) is 5.75 Å². The quantitative estimate of drug-likeness (QED) is 0.846. The SMILES string of the molecule is COc1c(C)cnc(CNCC2(CO)CCCCC2)c1C. The second kappa shape index (κ2) is 7.23. The lowest BCUT2D eigenvalue weighted by atomic mass is 9.74. The standard InChI is InChI=1S/C17H28N2O2/c1-13-9-19-15(14(2)16(13)21-3)10-18-11-17(12-20)7-5-4-6-8-17/h9,18,20H,4-8,10-12H2,1-3H3. The number of aliphatic hydroxyl groups is 1. The number of nitrogens with zero attached hydrogens (tertiary/aromatic N) is 1. The highest BCUT2D eigenvalue weighted by molar-refractivity contribution is 5.40. The summed E-state index contributed by atoms with van der Waals surface area (Å²) in [4.78, 5) is 4.51. The number of pyridine rings is 1. The molecule has 1 aromatic rings. The Kier molecular flexibility index (Phi) is 5.59. The van der Waals surface area contributed by atoms with E-state index in [1.807, 2.05) is 13.1 Å². The monoisotopic (exact) mass is 292 g/mol. The first kappa shape index (κ1) is 16.2. The molecule has 2 rings (SSSR count). The molecule has 1 aromatic heterocycles. The predicted molar refractivity (Wildman–Crippen MR) is 84.6 cm³/mol. The Morgan fingerprint density at radius 2 is 2.00 bits per heavy atom. The van der Waals surface area contributed by atoms with Crippen molar-refractivity contribution < 1.29 is 9.84 Å². The zero-order chi connectivity index (χ0) is 15.3. The van der Waals surface area contributed by atoms with Crippen LogP contribution in [0, 0.1) is 19.3 Å². The molecule has 1 aliphatic rings. The van der Waals surface area contributed by atoms with E-state index >= 15 is 0 Å². The van der Waals surface area contributed by atoms with Crippen LogP contribution in [0.4, 0.5) is 0 Å². The number of aromatic nitrogens is 1. The number of nitrogens with one attached hydrogen (secondary N) is 1. The molecule has 0 amide bonds. The van der Waals surface area contributed by atoms with Crippen LogP contribution >= 0.6 is 0 Å². The molecular formula is C17H28N2O2.